The summed E-state index contributed by atoms with van der Waals surface area (Å²) in [4.78, 5) is 33.3. The molecule has 0 aromatic carbocycles. The number of esters is 1. The molecule has 0 aromatic heterocycles. The monoisotopic (exact) mass is 314 g/mol. The SMILES string of the molecule is C=CC(=O)OC(CCC[C@@H]1SC[C@@H]2NC(=O)N[C@@H]21)C(=O)O. The van der Waals surface area contributed by atoms with Crippen LogP contribution in [-0.2, 0) is 14.3 Å². The van der Waals surface area contributed by atoms with Gasteiger partial charge in [-0.3, -0.25) is 0 Å². The van der Waals surface area contributed by atoms with Gasteiger partial charge in [0.25, 0.3) is 0 Å². The maximum Gasteiger partial charge on any atom is 0.345 e. The lowest BCUT2D eigenvalue weighted by atomic mass is 10.0. The lowest BCUT2D eigenvalue weighted by molar-refractivity contribution is -0.161. The minimum absolute atomic E-state index is 0.0986. The number of thioether (sulfide) groups is 1. The van der Waals surface area contributed by atoms with Crippen LogP contribution in [0, 0.1) is 0 Å². The van der Waals surface area contributed by atoms with E-state index in [1.807, 2.05) is 0 Å². The number of carboxylic acids is 1. The molecule has 21 heavy (non-hydrogen) atoms. The first-order valence-corrected chi connectivity index (χ1v) is 7.80. The Bertz CT molecular complexity index is 456. The molecule has 7 nitrogen and oxygen atoms in total. The van der Waals surface area contributed by atoms with Gasteiger partial charge in [-0.2, -0.15) is 11.8 Å². The summed E-state index contributed by atoms with van der Waals surface area (Å²) in [5.74, 6) is -1.02. The van der Waals surface area contributed by atoms with Crippen molar-refractivity contribution in [3.63, 3.8) is 0 Å². The lowest BCUT2D eigenvalue weighted by Crippen LogP contribution is -2.37. The highest BCUT2D eigenvalue weighted by molar-refractivity contribution is 8.00. The van der Waals surface area contributed by atoms with Crippen molar-refractivity contribution in [3.05, 3.63) is 12.7 Å². The number of nitrogens with one attached hydrogen (secondary N) is 2. The van der Waals surface area contributed by atoms with Crippen molar-refractivity contribution >= 4 is 29.7 Å². The maximum absolute atomic E-state index is 11.3. The number of carbonyl (C=O) groups is 3. The van der Waals surface area contributed by atoms with Crippen LogP contribution in [-0.4, -0.2) is 52.3 Å². The molecule has 2 amide bonds. The minimum atomic E-state index is -1.15. The Balaban J connectivity index is 1.77. The molecule has 0 radical (unpaired) electrons. The summed E-state index contributed by atoms with van der Waals surface area (Å²) >= 11 is 1.77. The second-order valence-electron chi connectivity index (χ2n) is 5.02. The number of hydrogen-bond acceptors (Lipinski definition) is 5. The molecule has 2 fully saturated rings. The van der Waals surface area contributed by atoms with E-state index in [9.17, 15) is 14.4 Å². The van der Waals surface area contributed by atoms with Crippen molar-refractivity contribution in [2.24, 2.45) is 0 Å². The second kappa shape index (κ2) is 6.84. The summed E-state index contributed by atoms with van der Waals surface area (Å²) in [6.07, 6.45) is 1.44. The first-order valence-electron chi connectivity index (χ1n) is 6.75. The third-order valence-electron chi connectivity index (χ3n) is 3.59. The van der Waals surface area contributed by atoms with Gasteiger partial charge in [0.05, 0.1) is 12.1 Å². The Hall–Kier alpha value is -1.70. The van der Waals surface area contributed by atoms with Crippen LogP contribution in [0.3, 0.4) is 0 Å². The summed E-state index contributed by atoms with van der Waals surface area (Å²) in [5.41, 5.74) is 0. The molecule has 116 valence electrons. The van der Waals surface area contributed by atoms with E-state index in [1.165, 1.54) is 0 Å². The summed E-state index contributed by atoms with van der Waals surface area (Å²) < 4.78 is 4.78. The Labute approximate surface area is 126 Å². The number of amides is 2. The fourth-order valence-electron chi connectivity index (χ4n) is 2.57. The van der Waals surface area contributed by atoms with Crippen molar-refractivity contribution < 1.29 is 24.2 Å². The molecule has 3 N–H and O–H groups in total. The van der Waals surface area contributed by atoms with Crippen LogP contribution in [0.15, 0.2) is 12.7 Å². The standard InChI is InChI=1S/C13H18N2O5S/c1-2-10(16)20-8(12(17)18)4-3-5-9-11-7(6-21-9)14-13(19)15-11/h2,7-9,11H,1,3-6H2,(H,17,18)(H2,14,15,19)/t7-,8?,9-,11-/m0/s1. The van der Waals surface area contributed by atoms with Gasteiger partial charge in [-0.25, -0.2) is 14.4 Å². The molecular weight excluding hydrogens is 296 g/mol. The Kier molecular flexibility index (Phi) is 5.11. The molecule has 2 aliphatic rings. The Morgan fingerprint density at radius 2 is 2.29 bits per heavy atom. The first kappa shape index (κ1) is 15.7. The zero-order chi connectivity index (χ0) is 15.4. The number of carbonyl (C=O) groups excluding carboxylic acids is 2. The van der Waals surface area contributed by atoms with Crippen LogP contribution in [0.5, 0.6) is 0 Å². The quantitative estimate of drug-likeness (QED) is 0.359. The smallest absolute Gasteiger partial charge is 0.345 e. The fraction of sp³-hybridized carbons (Fsp3) is 0.615. The van der Waals surface area contributed by atoms with E-state index in [4.69, 9.17) is 9.84 Å². The molecule has 0 saturated carbocycles. The van der Waals surface area contributed by atoms with Crippen molar-refractivity contribution in [1.82, 2.24) is 10.6 Å². The van der Waals surface area contributed by atoms with Crippen molar-refractivity contribution in [2.45, 2.75) is 42.7 Å². The molecule has 4 atom stereocenters. The molecule has 0 spiro atoms. The summed E-state index contributed by atoms with van der Waals surface area (Å²) in [6, 6.07) is 0.112. The third kappa shape index (κ3) is 3.90. The van der Waals surface area contributed by atoms with Crippen molar-refractivity contribution in [1.29, 1.82) is 0 Å². The lowest BCUT2D eigenvalue weighted by Gasteiger charge is -2.18. The number of ether oxygens (including phenoxy) is 1. The molecule has 2 aliphatic heterocycles. The molecule has 0 aromatic rings. The van der Waals surface area contributed by atoms with Crippen LogP contribution in [0.4, 0.5) is 4.79 Å². The zero-order valence-corrected chi connectivity index (χ0v) is 12.2. The molecule has 2 heterocycles. The van der Waals surface area contributed by atoms with Crippen LogP contribution in [0.1, 0.15) is 19.3 Å². The van der Waals surface area contributed by atoms with Gasteiger partial charge in [-0.15, -0.1) is 0 Å². The molecule has 2 saturated heterocycles. The summed E-state index contributed by atoms with van der Waals surface area (Å²) in [6.45, 7) is 3.24. The normalized spacial score (nSPS) is 28.2. The van der Waals surface area contributed by atoms with E-state index < -0.39 is 18.0 Å². The third-order valence-corrected chi connectivity index (χ3v) is 5.10. The number of fused-ring (bicyclic) bond motifs is 1. The average molecular weight is 314 g/mol. The van der Waals surface area contributed by atoms with E-state index in [1.54, 1.807) is 11.8 Å². The highest BCUT2D eigenvalue weighted by Crippen LogP contribution is 2.33. The maximum atomic E-state index is 11.3. The van der Waals surface area contributed by atoms with Crippen LogP contribution < -0.4 is 10.6 Å². The van der Waals surface area contributed by atoms with E-state index in [0.717, 1.165) is 18.2 Å². The van der Waals surface area contributed by atoms with Gasteiger partial charge in [-0.05, 0) is 19.3 Å². The second-order valence-corrected chi connectivity index (χ2v) is 6.29. The number of rotatable bonds is 7. The predicted molar refractivity (Wildman–Crippen MR) is 77.1 cm³/mol. The van der Waals surface area contributed by atoms with Crippen LogP contribution in [0.2, 0.25) is 0 Å². The van der Waals surface area contributed by atoms with Gasteiger partial charge >= 0.3 is 18.0 Å². The van der Waals surface area contributed by atoms with Gasteiger partial charge in [0, 0.05) is 17.1 Å². The van der Waals surface area contributed by atoms with E-state index in [2.05, 4.69) is 17.2 Å². The minimum Gasteiger partial charge on any atom is -0.479 e. The van der Waals surface area contributed by atoms with Gasteiger partial charge in [0.1, 0.15) is 0 Å². The first-order chi connectivity index (χ1) is 10.0. The fourth-order valence-corrected chi connectivity index (χ4v) is 4.11. The van der Waals surface area contributed by atoms with Gasteiger partial charge < -0.3 is 20.5 Å². The van der Waals surface area contributed by atoms with E-state index >= 15 is 0 Å². The predicted octanol–water partition coefficient (Wildman–Crippen LogP) is 0.504. The Morgan fingerprint density at radius 1 is 1.52 bits per heavy atom. The topological polar surface area (TPSA) is 105 Å². The molecule has 8 heteroatoms. The number of hydrogen-bond donors (Lipinski definition) is 3. The molecule has 0 aliphatic carbocycles. The average Bonchev–Trinajstić information content (AvgIpc) is 2.97. The van der Waals surface area contributed by atoms with Gasteiger partial charge in [0.15, 0.2) is 6.10 Å². The summed E-state index contributed by atoms with van der Waals surface area (Å²) in [5, 5.41) is 15.0. The summed E-state index contributed by atoms with van der Waals surface area (Å²) in [7, 11) is 0. The number of urea groups is 1. The van der Waals surface area contributed by atoms with Crippen molar-refractivity contribution in [2.75, 3.05) is 5.75 Å². The van der Waals surface area contributed by atoms with E-state index in [-0.39, 0.29) is 29.8 Å². The van der Waals surface area contributed by atoms with E-state index in [0.29, 0.717) is 6.42 Å². The number of carboxylic acid groups (broad SMARTS) is 1. The molecule has 1 unspecified atom stereocenters. The highest BCUT2D eigenvalue weighted by Gasteiger charge is 2.42. The van der Waals surface area contributed by atoms with Crippen LogP contribution >= 0.6 is 11.8 Å². The van der Waals surface area contributed by atoms with Crippen molar-refractivity contribution in [3.8, 4) is 0 Å². The Morgan fingerprint density at radius 3 is 2.95 bits per heavy atom. The molecule has 0 bridgehead atoms. The van der Waals surface area contributed by atoms with Crippen LogP contribution in [0.25, 0.3) is 0 Å². The highest BCUT2D eigenvalue weighted by atomic mass is 32.2. The van der Waals surface area contributed by atoms with Gasteiger partial charge in [-0.1, -0.05) is 6.58 Å². The largest absolute Gasteiger partial charge is 0.479 e. The molecule has 2 rings (SSSR count). The van der Waals surface area contributed by atoms with Gasteiger partial charge in [0.2, 0.25) is 0 Å². The molecular formula is C13H18N2O5S. The number of aliphatic carboxylic acids is 1. The zero-order valence-electron chi connectivity index (χ0n) is 11.4.